The van der Waals surface area contributed by atoms with E-state index in [9.17, 15) is 4.79 Å². The van der Waals surface area contributed by atoms with Crippen molar-refractivity contribution in [1.29, 1.82) is 5.26 Å². The maximum Gasteiger partial charge on any atom is 0.253 e. The van der Waals surface area contributed by atoms with Gasteiger partial charge in [-0.15, -0.1) is 12.4 Å². The molecule has 1 aliphatic rings. The molecule has 0 radical (unpaired) electrons. The smallest absolute Gasteiger partial charge is 0.253 e. The zero-order valence-corrected chi connectivity index (χ0v) is 12.7. The van der Waals surface area contributed by atoms with Gasteiger partial charge in [-0.1, -0.05) is 0 Å². The highest BCUT2D eigenvalue weighted by atomic mass is 35.5. The molecule has 1 aliphatic heterocycles. The van der Waals surface area contributed by atoms with Crippen LogP contribution in [0, 0.1) is 11.3 Å². The fourth-order valence-corrected chi connectivity index (χ4v) is 2.44. The van der Waals surface area contributed by atoms with E-state index < -0.39 is 0 Å². The van der Waals surface area contributed by atoms with Crippen molar-refractivity contribution in [1.82, 2.24) is 9.80 Å². The van der Waals surface area contributed by atoms with E-state index in [0.717, 1.165) is 25.9 Å². The number of nitriles is 1. The van der Waals surface area contributed by atoms with Crippen molar-refractivity contribution >= 4 is 18.3 Å². The quantitative estimate of drug-likeness (QED) is 0.839. The molecule has 1 saturated heterocycles. The summed E-state index contributed by atoms with van der Waals surface area (Å²) in [6.45, 7) is 2.07. The Morgan fingerprint density at radius 3 is 2.35 bits per heavy atom. The first-order chi connectivity index (χ1) is 9.11. The van der Waals surface area contributed by atoms with E-state index in [1.165, 1.54) is 0 Å². The lowest BCUT2D eigenvalue weighted by Gasteiger charge is -2.35. The Hall–Kier alpha value is -1.57. The molecule has 108 valence electrons. The number of nitrogens with zero attached hydrogens (tertiary/aromatic N) is 3. The summed E-state index contributed by atoms with van der Waals surface area (Å²) in [5.41, 5.74) is 1.24. The minimum atomic E-state index is 0. The third kappa shape index (κ3) is 3.72. The van der Waals surface area contributed by atoms with E-state index in [4.69, 9.17) is 5.26 Å². The SMILES string of the molecule is CN1CCC(N(C)C(=O)c2ccc(C#N)cc2)CC1.Cl. The molecule has 1 fully saturated rings. The topological polar surface area (TPSA) is 47.3 Å². The standard InChI is InChI=1S/C15H19N3O.ClH/c1-17-9-7-14(8-10-17)18(2)15(19)13-5-3-12(11-16)4-6-13;/h3-6,14H,7-10H2,1-2H3;1H. The Balaban J connectivity index is 0.00000200. The van der Waals surface area contributed by atoms with Gasteiger partial charge >= 0.3 is 0 Å². The van der Waals surface area contributed by atoms with Crippen molar-refractivity contribution in [3.8, 4) is 6.07 Å². The molecule has 0 spiro atoms. The molecule has 1 heterocycles. The van der Waals surface area contributed by atoms with Gasteiger partial charge in [0.1, 0.15) is 0 Å². The van der Waals surface area contributed by atoms with E-state index in [1.54, 1.807) is 24.3 Å². The molecule has 1 aromatic rings. The summed E-state index contributed by atoms with van der Waals surface area (Å²) in [6, 6.07) is 9.22. The van der Waals surface area contributed by atoms with Gasteiger partial charge in [0, 0.05) is 18.7 Å². The Labute approximate surface area is 126 Å². The highest BCUT2D eigenvalue weighted by molar-refractivity contribution is 5.94. The fourth-order valence-electron chi connectivity index (χ4n) is 2.44. The normalized spacial score (nSPS) is 16.1. The van der Waals surface area contributed by atoms with Crippen molar-refractivity contribution in [3.63, 3.8) is 0 Å². The van der Waals surface area contributed by atoms with Crippen LogP contribution in [0.1, 0.15) is 28.8 Å². The van der Waals surface area contributed by atoms with Crippen LogP contribution in [0.2, 0.25) is 0 Å². The molecule has 0 unspecified atom stereocenters. The maximum absolute atomic E-state index is 12.4. The van der Waals surface area contributed by atoms with Crippen LogP contribution in [0.15, 0.2) is 24.3 Å². The second kappa shape index (κ2) is 7.28. The van der Waals surface area contributed by atoms with Crippen molar-refractivity contribution < 1.29 is 4.79 Å². The number of halogens is 1. The van der Waals surface area contributed by atoms with Crippen molar-refractivity contribution in [3.05, 3.63) is 35.4 Å². The molecule has 2 rings (SSSR count). The van der Waals surface area contributed by atoms with Gasteiger partial charge in [-0.25, -0.2) is 0 Å². The molecule has 4 nitrogen and oxygen atoms in total. The van der Waals surface area contributed by atoms with Crippen LogP contribution in [0.3, 0.4) is 0 Å². The van der Waals surface area contributed by atoms with Gasteiger partial charge in [-0.05, 0) is 57.2 Å². The maximum atomic E-state index is 12.4. The second-order valence-electron chi connectivity index (χ2n) is 5.14. The Morgan fingerprint density at radius 1 is 1.30 bits per heavy atom. The van der Waals surface area contributed by atoms with Crippen LogP contribution in [0.25, 0.3) is 0 Å². The van der Waals surface area contributed by atoms with E-state index in [1.807, 2.05) is 11.9 Å². The van der Waals surface area contributed by atoms with Gasteiger partial charge in [0.2, 0.25) is 0 Å². The molecular weight excluding hydrogens is 274 g/mol. The zero-order valence-electron chi connectivity index (χ0n) is 11.9. The highest BCUT2D eigenvalue weighted by Gasteiger charge is 2.24. The van der Waals surface area contributed by atoms with Gasteiger partial charge in [0.25, 0.3) is 5.91 Å². The first kappa shape index (κ1) is 16.5. The number of carbonyl (C=O) groups is 1. The molecule has 20 heavy (non-hydrogen) atoms. The predicted octanol–water partition coefficient (Wildman–Crippen LogP) is 2.15. The lowest BCUT2D eigenvalue weighted by Crippen LogP contribution is -2.44. The molecule has 0 N–H and O–H groups in total. The summed E-state index contributed by atoms with van der Waals surface area (Å²) in [7, 11) is 3.98. The van der Waals surface area contributed by atoms with Gasteiger partial charge in [-0.2, -0.15) is 5.26 Å². The Bertz CT molecular complexity index is 487. The lowest BCUT2D eigenvalue weighted by molar-refractivity contribution is 0.0659. The van der Waals surface area contributed by atoms with Crippen LogP contribution in [0.5, 0.6) is 0 Å². The number of benzene rings is 1. The molecule has 0 aromatic heterocycles. The van der Waals surface area contributed by atoms with Crippen molar-refractivity contribution in [2.45, 2.75) is 18.9 Å². The summed E-state index contributed by atoms with van der Waals surface area (Å²) in [5.74, 6) is 0.0408. The number of rotatable bonds is 2. The third-order valence-electron chi connectivity index (χ3n) is 3.82. The second-order valence-corrected chi connectivity index (χ2v) is 5.14. The highest BCUT2D eigenvalue weighted by Crippen LogP contribution is 2.16. The average Bonchev–Trinajstić information content (AvgIpc) is 2.46. The molecule has 0 atom stereocenters. The first-order valence-electron chi connectivity index (χ1n) is 6.57. The van der Waals surface area contributed by atoms with E-state index >= 15 is 0 Å². The molecule has 0 aliphatic carbocycles. The van der Waals surface area contributed by atoms with E-state index in [0.29, 0.717) is 17.2 Å². The number of hydrogen-bond donors (Lipinski definition) is 0. The van der Waals surface area contributed by atoms with Gasteiger partial charge in [0.15, 0.2) is 0 Å². The monoisotopic (exact) mass is 293 g/mol. The molecule has 0 bridgehead atoms. The molecular formula is C15H20ClN3O. The Kier molecular flexibility index (Phi) is 6.00. The lowest BCUT2D eigenvalue weighted by atomic mass is 10.0. The van der Waals surface area contributed by atoms with Crippen molar-refractivity contribution in [2.24, 2.45) is 0 Å². The summed E-state index contributed by atoms with van der Waals surface area (Å²) < 4.78 is 0. The Morgan fingerprint density at radius 2 is 1.85 bits per heavy atom. The minimum Gasteiger partial charge on any atom is -0.339 e. The summed E-state index contributed by atoms with van der Waals surface area (Å²) in [4.78, 5) is 16.5. The molecule has 0 saturated carbocycles. The minimum absolute atomic E-state index is 0. The average molecular weight is 294 g/mol. The largest absolute Gasteiger partial charge is 0.339 e. The molecule has 1 amide bonds. The molecule has 1 aromatic carbocycles. The third-order valence-corrected chi connectivity index (χ3v) is 3.82. The number of hydrogen-bond acceptors (Lipinski definition) is 3. The zero-order chi connectivity index (χ0) is 13.8. The van der Waals surface area contributed by atoms with Gasteiger partial charge < -0.3 is 9.80 Å². The van der Waals surface area contributed by atoms with Crippen LogP contribution >= 0.6 is 12.4 Å². The predicted molar refractivity (Wildman–Crippen MR) is 81.0 cm³/mol. The number of amides is 1. The fraction of sp³-hybridized carbons (Fsp3) is 0.467. The van der Waals surface area contributed by atoms with E-state index in [2.05, 4.69) is 18.0 Å². The summed E-state index contributed by atoms with van der Waals surface area (Å²) in [6.07, 6.45) is 2.05. The van der Waals surface area contributed by atoms with E-state index in [-0.39, 0.29) is 18.3 Å². The first-order valence-corrected chi connectivity index (χ1v) is 6.57. The number of carbonyl (C=O) groups excluding carboxylic acids is 1. The van der Waals surface area contributed by atoms with Crippen LogP contribution < -0.4 is 0 Å². The van der Waals surface area contributed by atoms with Crippen LogP contribution in [0.4, 0.5) is 0 Å². The number of likely N-dealkylation sites (tertiary alicyclic amines) is 1. The summed E-state index contributed by atoms with van der Waals surface area (Å²) >= 11 is 0. The van der Waals surface area contributed by atoms with Gasteiger partial charge in [0.05, 0.1) is 11.6 Å². The molecule has 5 heteroatoms. The summed E-state index contributed by atoms with van der Waals surface area (Å²) in [5, 5.41) is 8.75. The van der Waals surface area contributed by atoms with Gasteiger partial charge in [-0.3, -0.25) is 4.79 Å². The van der Waals surface area contributed by atoms with Crippen LogP contribution in [-0.4, -0.2) is 48.9 Å². The number of piperidine rings is 1. The van der Waals surface area contributed by atoms with Crippen LogP contribution in [-0.2, 0) is 0 Å². The van der Waals surface area contributed by atoms with Crippen molar-refractivity contribution in [2.75, 3.05) is 27.2 Å².